The van der Waals surface area contributed by atoms with Crippen LogP contribution < -0.4 is 0 Å². The predicted octanol–water partition coefficient (Wildman–Crippen LogP) is 0.773. The predicted molar refractivity (Wildman–Crippen MR) is 52.3 cm³/mol. The zero-order chi connectivity index (χ0) is 10.4. The second kappa shape index (κ2) is 6.35. The molecular weight excluding hydrogens is 168 g/mol. The van der Waals surface area contributed by atoms with Crippen molar-refractivity contribution >= 4 is 0 Å². The SMILES string of the molecule is CCC(O)CC(C(C)C)C(O)CO. The molecule has 0 aromatic rings. The summed E-state index contributed by atoms with van der Waals surface area (Å²) in [6.45, 7) is 5.67. The van der Waals surface area contributed by atoms with E-state index in [2.05, 4.69) is 0 Å². The second-order valence-electron chi connectivity index (χ2n) is 3.96. The largest absolute Gasteiger partial charge is 0.394 e. The number of hydrogen-bond donors (Lipinski definition) is 3. The first-order valence-corrected chi connectivity index (χ1v) is 4.99. The first-order chi connectivity index (χ1) is 6.02. The topological polar surface area (TPSA) is 60.7 Å². The molecule has 0 rings (SSSR count). The molecule has 0 heterocycles. The molecule has 3 atom stereocenters. The van der Waals surface area contributed by atoms with Gasteiger partial charge in [-0.15, -0.1) is 0 Å². The van der Waals surface area contributed by atoms with Gasteiger partial charge in [0.25, 0.3) is 0 Å². The highest BCUT2D eigenvalue weighted by molar-refractivity contribution is 4.74. The maximum absolute atomic E-state index is 9.47. The lowest BCUT2D eigenvalue weighted by Crippen LogP contribution is -2.31. The molecule has 3 nitrogen and oxygen atoms in total. The maximum atomic E-state index is 9.47. The summed E-state index contributed by atoms with van der Waals surface area (Å²) in [6.07, 6.45) is 0.187. The average molecular weight is 190 g/mol. The molecule has 3 N–H and O–H groups in total. The molecule has 0 aromatic carbocycles. The van der Waals surface area contributed by atoms with Crippen LogP contribution in [-0.4, -0.2) is 34.1 Å². The fourth-order valence-corrected chi connectivity index (χ4v) is 1.49. The van der Waals surface area contributed by atoms with Crippen LogP contribution in [0.3, 0.4) is 0 Å². The molecule has 0 saturated heterocycles. The highest BCUT2D eigenvalue weighted by Crippen LogP contribution is 2.22. The van der Waals surface area contributed by atoms with Crippen LogP contribution in [0.25, 0.3) is 0 Å². The fourth-order valence-electron chi connectivity index (χ4n) is 1.49. The van der Waals surface area contributed by atoms with Crippen molar-refractivity contribution in [1.29, 1.82) is 0 Å². The normalized spacial score (nSPS) is 18.7. The van der Waals surface area contributed by atoms with E-state index in [0.29, 0.717) is 12.8 Å². The zero-order valence-corrected chi connectivity index (χ0v) is 8.77. The number of rotatable bonds is 6. The fraction of sp³-hybridized carbons (Fsp3) is 1.00. The second-order valence-corrected chi connectivity index (χ2v) is 3.96. The summed E-state index contributed by atoms with van der Waals surface area (Å²) in [5.41, 5.74) is 0. The van der Waals surface area contributed by atoms with Crippen LogP contribution in [0.1, 0.15) is 33.6 Å². The molecule has 0 bridgehead atoms. The molecule has 0 aromatic heterocycles. The first-order valence-electron chi connectivity index (χ1n) is 4.99. The van der Waals surface area contributed by atoms with Crippen LogP contribution in [-0.2, 0) is 0 Å². The minimum absolute atomic E-state index is 0.0139. The Morgan fingerprint density at radius 1 is 1.15 bits per heavy atom. The van der Waals surface area contributed by atoms with E-state index >= 15 is 0 Å². The molecule has 0 aliphatic carbocycles. The van der Waals surface area contributed by atoms with Crippen molar-refractivity contribution in [1.82, 2.24) is 0 Å². The van der Waals surface area contributed by atoms with Gasteiger partial charge in [-0.3, -0.25) is 0 Å². The lowest BCUT2D eigenvalue weighted by Gasteiger charge is -2.26. The summed E-state index contributed by atoms with van der Waals surface area (Å²) in [5, 5.41) is 27.7. The van der Waals surface area contributed by atoms with Crippen LogP contribution in [0.15, 0.2) is 0 Å². The average Bonchev–Trinajstić information content (AvgIpc) is 2.11. The Kier molecular flexibility index (Phi) is 6.29. The maximum Gasteiger partial charge on any atom is 0.0802 e. The Hall–Kier alpha value is -0.120. The van der Waals surface area contributed by atoms with Crippen molar-refractivity contribution < 1.29 is 15.3 Å². The van der Waals surface area contributed by atoms with Gasteiger partial charge in [0.2, 0.25) is 0 Å². The van der Waals surface area contributed by atoms with E-state index in [1.807, 2.05) is 20.8 Å². The molecule has 0 fully saturated rings. The van der Waals surface area contributed by atoms with Gasteiger partial charge in [-0.1, -0.05) is 20.8 Å². The number of aliphatic hydroxyl groups is 3. The van der Waals surface area contributed by atoms with Gasteiger partial charge < -0.3 is 15.3 Å². The Bertz CT molecular complexity index is 125. The molecule has 0 spiro atoms. The van der Waals surface area contributed by atoms with Crippen molar-refractivity contribution in [3.05, 3.63) is 0 Å². The van der Waals surface area contributed by atoms with E-state index in [4.69, 9.17) is 5.11 Å². The minimum atomic E-state index is -0.707. The van der Waals surface area contributed by atoms with E-state index in [1.165, 1.54) is 0 Å². The summed E-state index contributed by atoms with van der Waals surface area (Å²) in [5.74, 6) is 0.267. The van der Waals surface area contributed by atoms with Gasteiger partial charge in [-0.25, -0.2) is 0 Å². The number of hydrogen-bond acceptors (Lipinski definition) is 3. The van der Waals surface area contributed by atoms with Crippen molar-refractivity contribution in [2.75, 3.05) is 6.61 Å². The highest BCUT2D eigenvalue weighted by atomic mass is 16.3. The van der Waals surface area contributed by atoms with Gasteiger partial charge in [0.1, 0.15) is 0 Å². The first kappa shape index (κ1) is 12.9. The Balaban J connectivity index is 4.09. The summed E-state index contributed by atoms with van der Waals surface area (Å²) in [6, 6.07) is 0. The Labute approximate surface area is 80.4 Å². The molecule has 0 radical (unpaired) electrons. The Morgan fingerprint density at radius 3 is 2.00 bits per heavy atom. The Morgan fingerprint density at radius 2 is 1.69 bits per heavy atom. The standard InChI is InChI=1S/C10H22O3/c1-4-8(12)5-9(7(2)3)10(13)6-11/h7-13H,4-6H2,1-3H3. The molecule has 13 heavy (non-hydrogen) atoms. The molecule has 80 valence electrons. The summed E-state index contributed by atoms with van der Waals surface area (Å²) >= 11 is 0. The third-order valence-corrected chi connectivity index (χ3v) is 2.55. The van der Waals surface area contributed by atoms with Crippen LogP contribution in [0.4, 0.5) is 0 Å². The van der Waals surface area contributed by atoms with E-state index in [1.54, 1.807) is 0 Å². The highest BCUT2D eigenvalue weighted by Gasteiger charge is 2.24. The van der Waals surface area contributed by atoms with Crippen LogP contribution in [0.2, 0.25) is 0 Å². The van der Waals surface area contributed by atoms with Crippen molar-refractivity contribution in [3.8, 4) is 0 Å². The minimum Gasteiger partial charge on any atom is -0.394 e. The summed E-state index contributed by atoms with van der Waals surface area (Å²) < 4.78 is 0. The smallest absolute Gasteiger partial charge is 0.0802 e. The lowest BCUT2D eigenvalue weighted by atomic mass is 9.85. The van der Waals surface area contributed by atoms with Crippen LogP contribution in [0, 0.1) is 11.8 Å². The van der Waals surface area contributed by atoms with E-state index < -0.39 is 6.10 Å². The monoisotopic (exact) mass is 190 g/mol. The quantitative estimate of drug-likeness (QED) is 0.580. The van der Waals surface area contributed by atoms with Gasteiger partial charge in [-0.05, 0) is 24.7 Å². The van der Waals surface area contributed by atoms with Gasteiger partial charge in [-0.2, -0.15) is 0 Å². The third-order valence-electron chi connectivity index (χ3n) is 2.55. The van der Waals surface area contributed by atoms with E-state index in [0.717, 1.165) is 0 Å². The van der Waals surface area contributed by atoms with Crippen molar-refractivity contribution in [3.63, 3.8) is 0 Å². The van der Waals surface area contributed by atoms with Crippen LogP contribution >= 0.6 is 0 Å². The van der Waals surface area contributed by atoms with Crippen molar-refractivity contribution in [2.45, 2.75) is 45.8 Å². The molecule has 3 unspecified atom stereocenters. The van der Waals surface area contributed by atoms with Gasteiger partial charge in [0.15, 0.2) is 0 Å². The zero-order valence-electron chi connectivity index (χ0n) is 8.77. The van der Waals surface area contributed by atoms with Crippen LogP contribution in [0.5, 0.6) is 0 Å². The molecule has 3 heteroatoms. The molecular formula is C10H22O3. The van der Waals surface area contributed by atoms with Gasteiger partial charge >= 0.3 is 0 Å². The molecule has 0 amide bonds. The summed E-state index contributed by atoms with van der Waals surface area (Å²) in [4.78, 5) is 0. The van der Waals surface area contributed by atoms with Gasteiger partial charge in [0, 0.05) is 0 Å². The molecule has 0 aliphatic rings. The lowest BCUT2D eigenvalue weighted by molar-refractivity contribution is 0.00340. The molecule has 0 saturated carbocycles. The van der Waals surface area contributed by atoms with Gasteiger partial charge in [0.05, 0.1) is 18.8 Å². The molecule has 0 aliphatic heterocycles. The van der Waals surface area contributed by atoms with Crippen molar-refractivity contribution in [2.24, 2.45) is 11.8 Å². The van der Waals surface area contributed by atoms with E-state index in [-0.39, 0.29) is 24.5 Å². The van der Waals surface area contributed by atoms with E-state index in [9.17, 15) is 10.2 Å². The number of aliphatic hydroxyl groups excluding tert-OH is 3. The summed E-state index contributed by atoms with van der Waals surface area (Å²) in [7, 11) is 0. The third kappa shape index (κ3) is 4.60.